The summed E-state index contributed by atoms with van der Waals surface area (Å²) in [5.74, 6) is 0. The fourth-order valence-corrected chi connectivity index (χ4v) is 2.49. The van der Waals surface area contributed by atoms with Gasteiger partial charge in [0.2, 0.25) is 0 Å². The Labute approximate surface area is 87.2 Å². The molecule has 2 fully saturated rings. The highest BCUT2D eigenvalue weighted by atomic mass is 15.3. The summed E-state index contributed by atoms with van der Waals surface area (Å²) in [5.41, 5.74) is 4.80. The second-order valence-electron chi connectivity index (χ2n) is 4.70. The van der Waals surface area contributed by atoms with Gasteiger partial charge in [-0.3, -0.25) is 0 Å². The molecular formula is C12H22N2. The lowest BCUT2D eigenvalue weighted by molar-refractivity contribution is 0.379. The zero-order valence-corrected chi connectivity index (χ0v) is 9.10. The van der Waals surface area contributed by atoms with Crippen LogP contribution in [0.2, 0.25) is 0 Å². The maximum atomic E-state index is 4.57. The molecule has 14 heavy (non-hydrogen) atoms. The lowest BCUT2D eigenvalue weighted by atomic mass is 9.96. The summed E-state index contributed by atoms with van der Waals surface area (Å²) in [7, 11) is 0. The number of nitrogens with one attached hydrogen (secondary N) is 1. The van der Waals surface area contributed by atoms with Gasteiger partial charge >= 0.3 is 0 Å². The van der Waals surface area contributed by atoms with Crippen LogP contribution in [0, 0.1) is 0 Å². The lowest BCUT2D eigenvalue weighted by Crippen LogP contribution is -2.28. The smallest absolute Gasteiger partial charge is 0.0440 e. The van der Waals surface area contributed by atoms with Crippen LogP contribution < -0.4 is 5.43 Å². The van der Waals surface area contributed by atoms with Gasteiger partial charge in [0.25, 0.3) is 0 Å². The van der Waals surface area contributed by atoms with E-state index < -0.39 is 0 Å². The number of hydrogen-bond donors (Lipinski definition) is 1. The van der Waals surface area contributed by atoms with Gasteiger partial charge in [-0.05, 0) is 38.5 Å². The zero-order valence-electron chi connectivity index (χ0n) is 9.10. The van der Waals surface area contributed by atoms with Gasteiger partial charge in [-0.15, -0.1) is 0 Å². The topological polar surface area (TPSA) is 24.4 Å². The molecule has 2 aliphatic rings. The molecule has 0 atom stereocenters. The Hall–Kier alpha value is -0.530. The number of hydrazone groups is 1. The molecule has 0 unspecified atom stereocenters. The highest BCUT2D eigenvalue weighted by Gasteiger charge is 2.12. The SMILES string of the molecule is C1CCC(=NNC2CCCCC2)CC1. The third-order valence-corrected chi connectivity index (χ3v) is 3.44. The van der Waals surface area contributed by atoms with Gasteiger partial charge in [-0.2, -0.15) is 5.10 Å². The number of rotatable bonds is 2. The van der Waals surface area contributed by atoms with Gasteiger partial charge in [0.05, 0.1) is 0 Å². The molecule has 0 saturated heterocycles. The van der Waals surface area contributed by atoms with Crippen LogP contribution >= 0.6 is 0 Å². The Balaban J connectivity index is 1.73. The van der Waals surface area contributed by atoms with Gasteiger partial charge in [0.1, 0.15) is 0 Å². The second-order valence-corrected chi connectivity index (χ2v) is 4.70. The second kappa shape index (κ2) is 5.38. The quantitative estimate of drug-likeness (QED) is 0.671. The molecule has 80 valence electrons. The lowest BCUT2D eigenvalue weighted by Gasteiger charge is -2.22. The summed E-state index contributed by atoms with van der Waals surface area (Å²) in [6.45, 7) is 0. The summed E-state index contributed by atoms with van der Waals surface area (Å²) < 4.78 is 0. The first kappa shape index (κ1) is 10.0. The normalized spacial score (nSPS) is 24.7. The van der Waals surface area contributed by atoms with Crippen LogP contribution in [-0.4, -0.2) is 11.8 Å². The van der Waals surface area contributed by atoms with E-state index in [1.165, 1.54) is 69.9 Å². The Bertz CT molecular complexity index is 184. The minimum absolute atomic E-state index is 0.679. The van der Waals surface area contributed by atoms with Crippen LogP contribution in [0.15, 0.2) is 5.10 Å². The van der Waals surface area contributed by atoms with Crippen LogP contribution in [0.1, 0.15) is 64.2 Å². The molecule has 0 aromatic carbocycles. The van der Waals surface area contributed by atoms with Gasteiger partial charge in [-0.25, -0.2) is 0 Å². The van der Waals surface area contributed by atoms with Crippen molar-refractivity contribution >= 4 is 5.71 Å². The van der Waals surface area contributed by atoms with Gasteiger partial charge in [0, 0.05) is 11.8 Å². The molecule has 0 aromatic rings. The average Bonchev–Trinajstić information content (AvgIpc) is 2.29. The van der Waals surface area contributed by atoms with E-state index in [2.05, 4.69) is 10.5 Å². The van der Waals surface area contributed by atoms with Gasteiger partial charge < -0.3 is 5.43 Å². The largest absolute Gasteiger partial charge is 0.307 e. The van der Waals surface area contributed by atoms with E-state index in [9.17, 15) is 0 Å². The van der Waals surface area contributed by atoms with E-state index in [4.69, 9.17) is 0 Å². The molecule has 0 radical (unpaired) electrons. The molecule has 0 spiro atoms. The van der Waals surface area contributed by atoms with E-state index in [1.807, 2.05) is 0 Å². The molecule has 0 heterocycles. The molecule has 0 aliphatic heterocycles. The Kier molecular flexibility index (Phi) is 3.84. The van der Waals surface area contributed by atoms with Crippen molar-refractivity contribution in [2.75, 3.05) is 0 Å². The van der Waals surface area contributed by atoms with Crippen molar-refractivity contribution in [1.82, 2.24) is 5.43 Å². The Morgan fingerprint density at radius 3 is 2.21 bits per heavy atom. The van der Waals surface area contributed by atoms with Crippen molar-refractivity contribution in [3.8, 4) is 0 Å². The summed E-state index contributed by atoms with van der Waals surface area (Å²) in [6.07, 6.45) is 13.4. The zero-order chi connectivity index (χ0) is 9.64. The maximum Gasteiger partial charge on any atom is 0.0440 e. The molecule has 2 saturated carbocycles. The van der Waals surface area contributed by atoms with Crippen molar-refractivity contribution in [2.24, 2.45) is 5.10 Å². The predicted octanol–water partition coefficient (Wildman–Crippen LogP) is 3.23. The first-order valence-electron chi connectivity index (χ1n) is 6.26. The Morgan fingerprint density at radius 1 is 0.857 bits per heavy atom. The van der Waals surface area contributed by atoms with Crippen molar-refractivity contribution in [3.63, 3.8) is 0 Å². The highest BCUT2D eigenvalue weighted by Crippen LogP contribution is 2.18. The minimum Gasteiger partial charge on any atom is -0.307 e. The Morgan fingerprint density at radius 2 is 1.50 bits per heavy atom. The van der Waals surface area contributed by atoms with E-state index in [1.54, 1.807) is 0 Å². The third-order valence-electron chi connectivity index (χ3n) is 3.44. The number of hydrogen-bond acceptors (Lipinski definition) is 2. The summed E-state index contributed by atoms with van der Waals surface area (Å²) in [6, 6.07) is 0.679. The molecule has 0 amide bonds. The first-order valence-corrected chi connectivity index (χ1v) is 6.26. The third kappa shape index (κ3) is 3.00. The van der Waals surface area contributed by atoms with Crippen LogP contribution in [0.25, 0.3) is 0 Å². The van der Waals surface area contributed by atoms with Crippen molar-refractivity contribution in [1.29, 1.82) is 0 Å². The molecule has 0 aromatic heterocycles. The van der Waals surface area contributed by atoms with Crippen LogP contribution in [0.4, 0.5) is 0 Å². The molecule has 2 rings (SSSR count). The highest BCUT2D eigenvalue weighted by molar-refractivity contribution is 5.84. The fourth-order valence-electron chi connectivity index (χ4n) is 2.49. The van der Waals surface area contributed by atoms with E-state index >= 15 is 0 Å². The van der Waals surface area contributed by atoms with Crippen LogP contribution in [0.3, 0.4) is 0 Å². The molecule has 0 bridgehead atoms. The summed E-state index contributed by atoms with van der Waals surface area (Å²) in [4.78, 5) is 0. The maximum absolute atomic E-state index is 4.57. The van der Waals surface area contributed by atoms with Crippen LogP contribution in [-0.2, 0) is 0 Å². The molecular weight excluding hydrogens is 172 g/mol. The van der Waals surface area contributed by atoms with Gasteiger partial charge in [0.15, 0.2) is 0 Å². The van der Waals surface area contributed by atoms with Crippen molar-refractivity contribution < 1.29 is 0 Å². The molecule has 2 heteroatoms. The fraction of sp³-hybridized carbons (Fsp3) is 0.917. The molecule has 1 N–H and O–H groups in total. The predicted molar refractivity (Wildman–Crippen MR) is 60.5 cm³/mol. The van der Waals surface area contributed by atoms with Crippen molar-refractivity contribution in [3.05, 3.63) is 0 Å². The first-order chi connectivity index (χ1) is 6.95. The molecule has 2 nitrogen and oxygen atoms in total. The van der Waals surface area contributed by atoms with E-state index in [0.29, 0.717) is 6.04 Å². The average molecular weight is 194 g/mol. The standard InChI is InChI=1S/C12H22N2/c1-3-7-11(8-4-1)13-14-12-9-5-2-6-10-12/h11,13H,1-10H2. The molecule has 2 aliphatic carbocycles. The number of nitrogens with zero attached hydrogens (tertiary/aromatic N) is 1. The van der Waals surface area contributed by atoms with Crippen molar-refractivity contribution in [2.45, 2.75) is 70.3 Å². The monoisotopic (exact) mass is 194 g/mol. The summed E-state index contributed by atoms with van der Waals surface area (Å²) in [5, 5.41) is 4.57. The van der Waals surface area contributed by atoms with E-state index in [-0.39, 0.29) is 0 Å². The van der Waals surface area contributed by atoms with Gasteiger partial charge in [-0.1, -0.05) is 25.7 Å². The van der Waals surface area contributed by atoms with E-state index in [0.717, 1.165) is 0 Å². The van der Waals surface area contributed by atoms with Crippen LogP contribution in [0.5, 0.6) is 0 Å². The minimum atomic E-state index is 0.679. The summed E-state index contributed by atoms with van der Waals surface area (Å²) >= 11 is 0.